The van der Waals surface area contributed by atoms with Gasteiger partial charge in [0.1, 0.15) is 0 Å². The summed E-state index contributed by atoms with van der Waals surface area (Å²) >= 11 is 2.01. The molecule has 0 saturated carbocycles. The Morgan fingerprint density at radius 3 is 1.38 bits per heavy atom. The van der Waals surface area contributed by atoms with Crippen molar-refractivity contribution in [3.8, 4) is 33.4 Å². The second-order valence-corrected chi connectivity index (χ2v) is 29.4. The molecule has 0 amide bonds. The minimum Gasteiger partial charge on any atom is -0.311 e. The SMILES string of the molecule is CC(C)(C)c1ccc(-c2cc(C(C)(C)C)ccc2N2c3cc(C(C)(C)C)ccc3B3c4sc5cc6c(cc5c4N(c4ccc(C(C)(C)C)cc4-c4ccc(C(C)(C)C)cc4)c4cccc2c43)-c2ccccc2C6(C)C)cc1. The molecule has 0 saturated heterocycles. The highest BCUT2D eigenvalue weighted by molar-refractivity contribution is 7.33. The van der Waals surface area contributed by atoms with E-state index in [-0.39, 0.29) is 39.2 Å². The van der Waals surface area contributed by atoms with E-state index >= 15 is 0 Å². The van der Waals surface area contributed by atoms with Gasteiger partial charge in [0, 0.05) is 48.5 Å². The third-order valence-corrected chi connectivity index (χ3v) is 18.7. The van der Waals surface area contributed by atoms with Crippen LogP contribution in [0.4, 0.5) is 34.1 Å². The largest absolute Gasteiger partial charge is 0.311 e. The van der Waals surface area contributed by atoms with Gasteiger partial charge in [-0.15, -0.1) is 11.3 Å². The first-order valence-electron chi connectivity index (χ1n) is 28.2. The van der Waals surface area contributed by atoms with E-state index < -0.39 is 0 Å². The minimum absolute atomic E-state index is 0.00742. The highest BCUT2D eigenvalue weighted by atomic mass is 32.1. The topological polar surface area (TPSA) is 6.48 Å². The summed E-state index contributed by atoms with van der Waals surface area (Å²) in [6.45, 7) is 39.8. The summed E-state index contributed by atoms with van der Waals surface area (Å²) in [6, 6.07) is 62.4. The minimum atomic E-state index is -0.121. The molecule has 1 aliphatic carbocycles. The first-order valence-corrected chi connectivity index (χ1v) is 29.0. The lowest BCUT2D eigenvalue weighted by Crippen LogP contribution is -2.60. The van der Waals surface area contributed by atoms with Gasteiger partial charge in [-0.1, -0.05) is 221 Å². The molecule has 2 nitrogen and oxygen atoms in total. The Labute approximate surface area is 465 Å². The fourth-order valence-corrected chi connectivity index (χ4v) is 14.1. The van der Waals surface area contributed by atoms with Crippen molar-refractivity contribution in [2.24, 2.45) is 0 Å². The molecule has 4 heteroatoms. The van der Waals surface area contributed by atoms with Crippen LogP contribution in [0.5, 0.6) is 0 Å². The molecule has 0 spiro atoms. The molecule has 77 heavy (non-hydrogen) atoms. The summed E-state index contributed by atoms with van der Waals surface area (Å²) in [6.07, 6.45) is 0. The molecule has 1 aromatic heterocycles. The molecule has 0 atom stereocenters. The third kappa shape index (κ3) is 8.25. The van der Waals surface area contributed by atoms with Crippen LogP contribution in [0.3, 0.4) is 0 Å². The van der Waals surface area contributed by atoms with Crippen LogP contribution in [0.15, 0.2) is 158 Å². The van der Waals surface area contributed by atoms with Crippen LogP contribution in [0.1, 0.15) is 157 Å². The van der Waals surface area contributed by atoms with Crippen LogP contribution < -0.4 is 25.5 Å². The third-order valence-electron chi connectivity index (χ3n) is 17.5. The number of rotatable bonds is 4. The van der Waals surface area contributed by atoms with Gasteiger partial charge in [-0.2, -0.15) is 0 Å². The zero-order valence-corrected chi connectivity index (χ0v) is 49.7. The number of benzene rings is 8. The number of anilines is 6. The quantitative estimate of drug-likeness (QED) is 0.162. The van der Waals surface area contributed by atoms with Crippen LogP contribution in [0.2, 0.25) is 0 Å². The standard InChI is InChI=1S/C73H77BN2S/c1-68(2,3)46-29-25-44(26-30-46)52-39-48(70(7,8)9)34-37-59(52)75-61-23-20-24-62-65(61)74(58-36-33-50(41-63(58)75)72(13,14)15)67-66(55-42-54-51-21-18-19-22-56(51)73(16,17)57(54)43-64(55)77-67)76(62)60-38-35-49(71(10,11)12)40-53(60)45-27-31-47(32-28-45)69(4,5)6/h18-43H,1-17H3. The van der Waals surface area contributed by atoms with E-state index in [1.807, 2.05) is 11.3 Å². The molecule has 3 aliphatic rings. The Bertz CT molecular complexity index is 3850. The molecule has 9 aromatic rings. The Morgan fingerprint density at radius 2 is 0.844 bits per heavy atom. The van der Waals surface area contributed by atoms with Crippen molar-refractivity contribution in [2.45, 2.75) is 150 Å². The van der Waals surface area contributed by atoms with Gasteiger partial charge >= 0.3 is 0 Å². The van der Waals surface area contributed by atoms with Crippen LogP contribution in [-0.4, -0.2) is 6.71 Å². The number of fused-ring (bicyclic) bond motifs is 9. The highest BCUT2D eigenvalue weighted by Crippen LogP contribution is 2.56. The van der Waals surface area contributed by atoms with Crippen molar-refractivity contribution in [3.05, 3.63) is 197 Å². The van der Waals surface area contributed by atoms with Gasteiger partial charge in [0.2, 0.25) is 0 Å². The zero-order valence-electron chi connectivity index (χ0n) is 48.9. The van der Waals surface area contributed by atoms with Crippen LogP contribution in [0.25, 0.3) is 43.5 Å². The van der Waals surface area contributed by atoms with E-state index in [2.05, 4.69) is 285 Å². The maximum absolute atomic E-state index is 2.70. The summed E-state index contributed by atoms with van der Waals surface area (Å²) in [7, 11) is 0. The van der Waals surface area contributed by atoms with Crippen molar-refractivity contribution in [3.63, 3.8) is 0 Å². The monoisotopic (exact) mass is 1020 g/mol. The molecule has 3 heterocycles. The summed E-state index contributed by atoms with van der Waals surface area (Å²) in [5, 5.41) is 1.32. The molecule has 0 fully saturated rings. The normalized spacial score (nSPS) is 14.8. The molecular formula is C73H77BN2S. The molecule has 12 rings (SSSR count). The fourth-order valence-electron chi connectivity index (χ4n) is 12.7. The zero-order chi connectivity index (χ0) is 54.7. The highest BCUT2D eigenvalue weighted by Gasteiger charge is 2.47. The summed E-state index contributed by atoms with van der Waals surface area (Å²) < 4.78 is 2.74. The second kappa shape index (κ2) is 17.2. The maximum atomic E-state index is 2.70. The van der Waals surface area contributed by atoms with E-state index in [9.17, 15) is 0 Å². The number of thiophene rings is 1. The molecule has 388 valence electrons. The smallest absolute Gasteiger partial charge is 0.264 e. The van der Waals surface area contributed by atoms with Crippen molar-refractivity contribution in [1.82, 2.24) is 0 Å². The Kier molecular flexibility index (Phi) is 11.4. The van der Waals surface area contributed by atoms with Crippen molar-refractivity contribution < 1.29 is 0 Å². The van der Waals surface area contributed by atoms with Gasteiger partial charge in [-0.05, 0) is 154 Å². The molecule has 0 N–H and O–H groups in total. The van der Waals surface area contributed by atoms with Crippen LogP contribution >= 0.6 is 11.3 Å². The lowest BCUT2D eigenvalue weighted by Gasteiger charge is -2.44. The predicted molar refractivity (Wildman–Crippen MR) is 338 cm³/mol. The second-order valence-electron chi connectivity index (χ2n) is 28.3. The molecule has 0 radical (unpaired) electrons. The number of hydrogen-bond donors (Lipinski definition) is 0. The number of nitrogens with zero attached hydrogens (tertiary/aromatic N) is 2. The number of hydrogen-bond acceptors (Lipinski definition) is 3. The molecule has 2 aliphatic heterocycles. The van der Waals surface area contributed by atoms with Gasteiger partial charge in [-0.3, -0.25) is 0 Å². The van der Waals surface area contributed by atoms with Gasteiger partial charge in [0.25, 0.3) is 6.71 Å². The van der Waals surface area contributed by atoms with E-state index in [1.165, 1.54) is 132 Å². The summed E-state index contributed by atoms with van der Waals surface area (Å²) in [5.41, 5.74) is 27.0. The lowest BCUT2D eigenvalue weighted by atomic mass is 9.36. The Morgan fingerprint density at radius 1 is 0.377 bits per heavy atom. The van der Waals surface area contributed by atoms with Crippen molar-refractivity contribution in [1.29, 1.82) is 0 Å². The lowest BCUT2D eigenvalue weighted by molar-refractivity contribution is 0.589. The van der Waals surface area contributed by atoms with E-state index in [1.54, 1.807) is 0 Å². The molecule has 8 aromatic carbocycles. The average Bonchev–Trinajstić information content (AvgIpc) is 4.04. The first kappa shape index (κ1) is 51.2. The summed E-state index contributed by atoms with van der Waals surface area (Å²) in [5.74, 6) is 0. The Hall–Kier alpha value is -6.62. The Balaban J connectivity index is 1.19. The van der Waals surface area contributed by atoms with Crippen molar-refractivity contribution in [2.75, 3.05) is 9.80 Å². The van der Waals surface area contributed by atoms with Crippen LogP contribution in [-0.2, 0) is 32.5 Å². The maximum Gasteiger partial charge on any atom is 0.264 e. The summed E-state index contributed by atoms with van der Waals surface area (Å²) in [4.78, 5) is 5.35. The molecule has 0 unspecified atom stereocenters. The van der Waals surface area contributed by atoms with Gasteiger partial charge in [-0.25, -0.2) is 0 Å². The van der Waals surface area contributed by atoms with E-state index in [0.717, 1.165) is 0 Å². The van der Waals surface area contributed by atoms with E-state index in [0.29, 0.717) is 0 Å². The van der Waals surface area contributed by atoms with E-state index in [4.69, 9.17) is 0 Å². The van der Waals surface area contributed by atoms with Crippen LogP contribution in [0, 0.1) is 0 Å². The predicted octanol–water partition coefficient (Wildman–Crippen LogP) is 19.1. The fraction of sp³-hybridized carbons (Fsp3) is 0.315. The molecule has 0 bridgehead atoms. The average molecular weight is 1030 g/mol. The van der Waals surface area contributed by atoms with Gasteiger partial charge in [0.05, 0.1) is 17.1 Å². The van der Waals surface area contributed by atoms with Gasteiger partial charge < -0.3 is 9.80 Å². The molecular weight excluding hydrogens is 948 g/mol. The van der Waals surface area contributed by atoms with Crippen molar-refractivity contribution >= 4 is 78.0 Å². The van der Waals surface area contributed by atoms with Gasteiger partial charge in [0.15, 0.2) is 0 Å². The first-order chi connectivity index (χ1) is 36.1.